The van der Waals surface area contributed by atoms with Gasteiger partial charge in [-0.25, -0.2) is 0 Å². The zero-order chi connectivity index (χ0) is 13.1. The van der Waals surface area contributed by atoms with Gasteiger partial charge in [0.15, 0.2) is 0 Å². The average molecular weight is 312 g/mol. The van der Waals surface area contributed by atoms with Crippen LogP contribution in [0.25, 0.3) is 0 Å². The molecule has 1 amide bonds. The van der Waals surface area contributed by atoms with Crippen LogP contribution in [0.1, 0.15) is 28.8 Å². The van der Waals surface area contributed by atoms with Crippen LogP contribution in [-0.4, -0.2) is 35.6 Å². The first-order valence-electron chi connectivity index (χ1n) is 6.28. The van der Waals surface area contributed by atoms with Crippen LogP contribution in [0.15, 0.2) is 22.7 Å². The molecule has 1 aromatic carbocycles. The lowest BCUT2D eigenvalue weighted by molar-refractivity contribution is 0.0619. The van der Waals surface area contributed by atoms with Crippen molar-refractivity contribution in [3.8, 4) is 0 Å². The van der Waals surface area contributed by atoms with E-state index >= 15 is 0 Å². The number of aryl methyl sites for hydroxylation is 1. The third-order valence-electron chi connectivity index (χ3n) is 3.42. The van der Waals surface area contributed by atoms with Crippen LogP contribution >= 0.6 is 15.9 Å². The minimum Gasteiger partial charge on any atom is -0.396 e. The maximum absolute atomic E-state index is 12.4. The number of benzene rings is 1. The minimum absolute atomic E-state index is 0.0590. The number of nitrogens with zero attached hydrogens (tertiary/aromatic N) is 1. The van der Waals surface area contributed by atoms with Crippen molar-refractivity contribution in [3.63, 3.8) is 0 Å². The van der Waals surface area contributed by atoms with Crippen LogP contribution in [0, 0.1) is 12.8 Å². The molecule has 0 bridgehead atoms. The Labute approximate surface area is 116 Å². The molecule has 1 aliphatic heterocycles. The molecule has 1 fully saturated rings. The molecule has 3 nitrogen and oxygen atoms in total. The highest BCUT2D eigenvalue weighted by molar-refractivity contribution is 9.10. The number of hydrogen-bond donors (Lipinski definition) is 1. The Morgan fingerprint density at radius 2 is 2.33 bits per heavy atom. The molecule has 18 heavy (non-hydrogen) atoms. The van der Waals surface area contributed by atoms with E-state index < -0.39 is 0 Å². The van der Waals surface area contributed by atoms with Gasteiger partial charge in [-0.2, -0.15) is 0 Å². The molecule has 1 heterocycles. The van der Waals surface area contributed by atoms with Gasteiger partial charge in [-0.15, -0.1) is 0 Å². The quantitative estimate of drug-likeness (QED) is 0.912. The summed E-state index contributed by atoms with van der Waals surface area (Å²) in [6, 6.07) is 5.80. The lowest BCUT2D eigenvalue weighted by atomic mass is 9.98. The van der Waals surface area contributed by atoms with Gasteiger partial charge in [0, 0.05) is 24.2 Å². The molecule has 0 aliphatic carbocycles. The maximum atomic E-state index is 12.4. The maximum Gasteiger partial charge on any atom is 0.255 e. The lowest BCUT2D eigenvalue weighted by Crippen LogP contribution is -2.41. The third kappa shape index (κ3) is 2.93. The molecule has 1 saturated heterocycles. The summed E-state index contributed by atoms with van der Waals surface area (Å²) < 4.78 is 0.837. The Morgan fingerprint density at radius 3 is 3.06 bits per heavy atom. The fraction of sp³-hybridized carbons (Fsp3) is 0.500. The van der Waals surface area contributed by atoms with Crippen molar-refractivity contribution in [2.24, 2.45) is 5.92 Å². The topological polar surface area (TPSA) is 40.5 Å². The van der Waals surface area contributed by atoms with Crippen molar-refractivity contribution in [2.75, 3.05) is 19.7 Å². The van der Waals surface area contributed by atoms with E-state index in [0.717, 1.165) is 29.4 Å². The minimum atomic E-state index is 0.0590. The third-order valence-corrected chi connectivity index (χ3v) is 4.11. The van der Waals surface area contributed by atoms with Gasteiger partial charge in [0.1, 0.15) is 0 Å². The molecule has 0 saturated carbocycles. The van der Waals surface area contributed by atoms with E-state index in [1.54, 1.807) is 0 Å². The number of likely N-dealkylation sites (tertiary alicyclic amines) is 1. The van der Waals surface area contributed by atoms with E-state index in [9.17, 15) is 9.90 Å². The zero-order valence-electron chi connectivity index (χ0n) is 10.5. The van der Waals surface area contributed by atoms with Gasteiger partial charge in [-0.3, -0.25) is 4.79 Å². The van der Waals surface area contributed by atoms with E-state index in [2.05, 4.69) is 15.9 Å². The van der Waals surface area contributed by atoms with Crippen LogP contribution in [0.2, 0.25) is 0 Å². The van der Waals surface area contributed by atoms with Crippen LogP contribution < -0.4 is 0 Å². The second-order valence-electron chi connectivity index (χ2n) is 4.93. The molecule has 1 aromatic rings. The van der Waals surface area contributed by atoms with Crippen LogP contribution in [0.3, 0.4) is 0 Å². The molecule has 0 aromatic heterocycles. The number of piperidine rings is 1. The number of aliphatic hydroxyl groups is 1. The van der Waals surface area contributed by atoms with Crippen molar-refractivity contribution >= 4 is 21.8 Å². The summed E-state index contributed by atoms with van der Waals surface area (Å²) in [5.74, 6) is 0.287. The number of rotatable bonds is 2. The number of carbonyl (C=O) groups is 1. The first kappa shape index (κ1) is 13.6. The summed E-state index contributed by atoms with van der Waals surface area (Å²) in [6.45, 7) is 3.60. The van der Waals surface area contributed by atoms with E-state index in [-0.39, 0.29) is 18.4 Å². The zero-order valence-corrected chi connectivity index (χ0v) is 12.1. The van der Waals surface area contributed by atoms with Gasteiger partial charge in [0.2, 0.25) is 0 Å². The normalized spacial score (nSPS) is 19.9. The predicted octanol–water partition coefficient (Wildman–Crippen LogP) is 2.60. The molecule has 1 atom stereocenters. The lowest BCUT2D eigenvalue weighted by Gasteiger charge is -2.32. The molecular weight excluding hydrogens is 294 g/mol. The number of halogens is 1. The van der Waals surface area contributed by atoms with Gasteiger partial charge in [0.05, 0.1) is 5.56 Å². The highest BCUT2D eigenvalue weighted by atomic mass is 79.9. The smallest absolute Gasteiger partial charge is 0.255 e. The van der Waals surface area contributed by atoms with Gasteiger partial charge in [-0.05, 0) is 53.7 Å². The van der Waals surface area contributed by atoms with Gasteiger partial charge in [-0.1, -0.05) is 11.6 Å². The number of hydrogen-bond acceptors (Lipinski definition) is 2. The van der Waals surface area contributed by atoms with Crippen LogP contribution in [0.5, 0.6) is 0 Å². The molecule has 0 radical (unpaired) electrons. The molecular formula is C14H18BrNO2. The van der Waals surface area contributed by atoms with E-state index in [1.165, 1.54) is 0 Å². The first-order valence-corrected chi connectivity index (χ1v) is 7.07. The largest absolute Gasteiger partial charge is 0.396 e. The Balaban J connectivity index is 2.17. The molecule has 2 rings (SSSR count). The Bertz CT molecular complexity index is 447. The second-order valence-corrected chi connectivity index (χ2v) is 5.78. The molecule has 1 N–H and O–H groups in total. The Kier molecular flexibility index (Phi) is 4.40. The van der Waals surface area contributed by atoms with E-state index in [0.29, 0.717) is 12.1 Å². The van der Waals surface area contributed by atoms with E-state index in [4.69, 9.17) is 0 Å². The fourth-order valence-electron chi connectivity index (χ4n) is 2.37. The molecule has 1 aliphatic rings. The Morgan fingerprint density at radius 1 is 1.56 bits per heavy atom. The number of aliphatic hydroxyl groups excluding tert-OH is 1. The first-order chi connectivity index (χ1) is 8.61. The standard InChI is InChI=1S/C14H18BrNO2/c1-10-4-5-13(15)12(7-10)14(18)16-6-2-3-11(8-16)9-17/h4-5,7,11,17H,2-3,6,8-9H2,1H3. The Hall–Kier alpha value is -0.870. The van der Waals surface area contributed by atoms with Gasteiger partial charge >= 0.3 is 0 Å². The number of carbonyl (C=O) groups excluding carboxylic acids is 1. The van der Waals surface area contributed by atoms with Crippen molar-refractivity contribution in [1.29, 1.82) is 0 Å². The van der Waals surface area contributed by atoms with Crippen LogP contribution in [-0.2, 0) is 0 Å². The SMILES string of the molecule is Cc1ccc(Br)c(C(=O)N2CCCC(CO)C2)c1. The monoisotopic (exact) mass is 311 g/mol. The van der Waals surface area contributed by atoms with Crippen molar-refractivity contribution in [1.82, 2.24) is 4.90 Å². The number of amides is 1. The summed E-state index contributed by atoms with van der Waals surface area (Å²) in [5, 5.41) is 9.21. The van der Waals surface area contributed by atoms with Crippen molar-refractivity contribution in [2.45, 2.75) is 19.8 Å². The molecule has 1 unspecified atom stereocenters. The predicted molar refractivity (Wildman–Crippen MR) is 74.6 cm³/mol. The fourth-order valence-corrected chi connectivity index (χ4v) is 2.79. The molecule has 4 heteroatoms. The highest BCUT2D eigenvalue weighted by Crippen LogP contribution is 2.23. The average Bonchev–Trinajstić information content (AvgIpc) is 2.41. The summed E-state index contributed by atoms with van der Waals surface area (Å²) in [4.78, 5) is 14.3. The van der Waals surface area contributed by atoms with Crippen LogP contribution in [0.4, 0.5) is 0 Å². The summed E-state index contributed by atoms with van der Waals surface area (Å²) >= 11 is 3.43. The second kappa shape index (κ2) is 5.85. The van der Waals surface area contributed by atoms with E-state index in [1.807, 2.05) is 30.0 Å². The highest BCUT2D eigenvalue weighted by Gasteiger charge is 2.25. The van der Waals surface area contributed by atoms with Gasteiger partial charge in [0.25, 0.3) is 5.91 Å². The summed E-state index contributed by atoms with van der Waals surface area (Å²) in [7, 11) is 0. The van der Waals surface area contributed by atoms with Gasteiger partial charge < -0.3 is 10.0 Å². The summed E-state index contributed by atoms with van der Waals surface area (Å²) in [6.07, 6.45) is 1.98. The summed E-state index contributed by atoms with van der Waals surface area (Å²) in [5.41, 5.74) is 1.80. The van der Waals surface area contributed by atoms with Crippen molar-refractivity contribution < 1.29 is 9.90 Å². The molecule has 0 spiro atoms. The molecule has 98 valence electrons. The van der Waals surface area contributed by atoms with Crippen molar-refractivity contribution in [3.05, 3.63) is 33.8 Å².